The fourth-order valence-corrected chi connectivity index (χ4v) is 3.58. The highest BCUT2D eigenvalue weighted by Gasteiger charge is 2.39. The number of ether oxygens (including phenoxy) is 1. The van der Waals surface area contributed by atoms with Gasteiger partial charge in [0.1, 0.15) is 11.8 Å². The third kappa shape index (κ3) is 3.94. The first-order chi connectivity index (χ1) is 14.0. The maximum atomic E-state index is 12.9. The smallest absolute Gasteiger partial charge is 0.262 e. The van der Waals surface area contributed by atoms with Gasteiger partial charge in [0.05, 0.1) is 17.8 Å². The molecule has 0 bridgehead atoms. The van der Waals surface area contributed by atoms with E-state index < -0.39 is 6.04 Å². The summed E-state index contributed by atoms with van der Waals surface area (Å²) in [6, 6.07) is 12.1. The molecule has 0 radical (unpaired) electrons. The lowest BCUT2D eigenvalue weighted by molar-refractivity contribution is -0.121. The molecule has 1 fully saturated rings. The lowest BCUT2D eigenvalue weighted by Crippen LogP contribution is -2.34. The number of hydrogen-bond donors (Lipinski definition) is 2. The highest BCUT2D eigenvalue weighted by molar-refractivity contribution is 6.23. The summed E-state index contributed by atoms with van der Waals surface area (Å²) >= 11 is 0. The van der Waals surface area contributed by atoms with E-state index in [1.54, 1.807) is 18.2 Å². The Labute approximate surface area is 169 Å². The van der Waals surface area contributed by atoms with E-state index in [-0.39, 0.29) is 30.7 Å². The maximum absolute atomic E-state index is 12.9. The van der Waals surface area contributed by atoms with Crippen LogP contribution in [0.2, 0.25) is 0 Å². The quantitative estimate of drug-likeness (QED) is 0.737. The Balaban J connectivity index is 1.47. The summed E-state index contributed by atoms with van der Waals surface area (Å²) in [6.07, 6.45) is 3.30. The molecule has 0 spiro atoms. The number of nitrogens with zero attached hydrogens (tertiary/aromatic N) is 1. The largest absolute Gasteiger partial charge is 0.482 e. The zero-order chi connectivity index (χ0) is 20.4. The third-order valence-electron chi connectivity index (χ3n) is 5.11. The van der Waals surface area contributed by atoms with Crippen molar-refractivity contribution in [2.24, 2.45) is 0 Å². The van der Waals surface area contributed by atoms with Crippen molar-refractivity contribution < 1.29 is 19.1 Å². The van der Waals surface area contributed by atoms with Gasteiger partial charge in [0.25, 0.3) is 11.8 Å². The molecular formula is C22H23N3O4. The highest BCUT2D eigenvalue weighted by Crippen LogP contribution is 2.32. The molecule has 2 aliphatic heterocycles. The molecule has 7 heteroatoms. The molecule has 0 unspecified atom stereocenters. The summed E-state index contributed by atoms with van der Waals surface area (Å²) in [7, 11) is 0. The van der Waals surface area contributed by atoms with E-state index in [0.29, 0.717) is 22.8 Å². The Morgan fingerprint density at radius 1 is 1.14 bits per heavy atom. The second-order valence-electron chi connectivity index (χ2n) is 7.29. The van der Waals surface area contributed by atoms with Crippen molar-refractivity contribution in [2.75, 3.05) is 22.1 Å². The normalized spacial score (nSPS) is 18.3. The monoisotopic (exact) mass is 393 g/mol. The van der Waals surface area contributed by atoms with Crippen molar-refractivity contribution in [1.82, 2.24) is 0 Å². The van der Waals surface area contributed by atoms with Gasteiger partial charge in [0, 0.05) is 5.69 Å². The van der Waals surface area contributed by atoms with Gasteiger partial charge in [-0.2, -0.15) is 0 Å². The minimum Gasteiger partial charge on any atom is -0.482 e. The number of rotatable bonds is 6. The molecule has 2 N–H and O–H groups in total. The van der Waals surface area contributed by atoms with Crippen LogP contribution in [0.1, 0.15) is 31.7 Å². The number of carbonyl (C=O) groups excluding carboxylic acids is 3. The lowest BCUT2D eigenvalue weighted by atomic mass is 10.1. The number of nitrogens with one attached hydrogen (secondary N) is 2. The Morgan fingerprint density at radius 2 is 1.93 bits per heavy atom. The highest BCUT2D eigenvalue weighted by atomic mass is 16.5. The number of carbonyl (C=O) groups is 3. The molecular weight excluding hydrogens is 370 g/mol. The third-order valence-corrected chi connectivity index (χ3v) is 5.11. The van der Waals surface area contributed by atoms with Gasteiger partial charge in [-0.25, -0.2) is 4.90 Å². The average Bonchev–Trinajstić information content (AvgIpc) is 2.99. The molecule has 1 saturated heterocycles. The number of unbranched alkanes of at least 4 members (excludes halogenated alkanes) is 1. The van der Waals surface area contributed by atoms with Crippen molar-refractivity contribution in [3.63, 3.8) is 0 Å². The molecule has 0 aliphatic carbocycles. The second-order valence-corrected chi connectivity index (χ2v) is 7.29. The molecule has 0 aromatic heterocycles. The summed E-state index contributed by atoms with van der Waals surface area (Å²) in [6.45, 7) is 2.13. The van der Waals surface area contributed by atoms with E-state index in [0.717, 1.165) is 19.3 Å². The predicted molar refractivity (Wildman–Crippen MR) is 110 cm³/mol. The Hall–Kier alpha value is -3.35. The molecule has 2 heterocycles. The van der Waals surface area contributed by atoms with Crippen LogP contribution in [0.25, 0.3) is 0 Å². The van der Waals surface area contributed by atoms with Crippen LogP contribution in [0, 0.1) is 0 Å². The van der Waals surface area contributed by atoms with E-state index in [4.69, 9.17) is 4.74 Å². The van der Waals surface area contributed by atoms with Crippen molar-refractivity contribution >= 4 is 34.8 Å². The van der Waals surface area contributed by atoms with Gasteiger partial charge in [0.2, 0.25) is 5.91 Å². The number of fused-ring (bicyclic) bond motifs is 1. The second kappa shape index (κ2) is 7.95. The number of imide groups is 1. The maximum Gasteiger partial charge on any atom is 0.262 e. The molecule has 3 amide bonds. The van der Waals surface area contributed by atoms with Crippen LogP contribution >= 0.6 is 0 Å². The molecule has 2 aromatic rings. The number of benzene rings is 2. The summed E-state index contributed by atoms with van der Waals surface area (Å²) in [5.41, 5.74) is 2.97. The van der Waals surface area contributed by atoms with Crippen LogP contribution in [0.3, 0.4) is 0 Å². The fourth-order valence-electron chi connectivity index (χ4n) is 3.58. The van der Waals surface area contributed by atoms with Crippen molar-refractivity contribution in [2.45, 2.75) is 38.6 Å². The predicted octanol–water partition coefficient (Wildman–Crippen LogP) is 3.10. The van der Waals surface area contributed by atoms with E-state index >= 15 is 0 Å². The molecule has 1 atom stereocenters. The first-order valence-electron chi connectivity index (χ1n) is 9.84. The van der Waals surface area contributed by atoms with Gasteiger partial charge >= 0.3 is 0 Å². The van der Waals surface area contributed by atoms with Crippen LogP contribution in [-0.2, 0) is 20.8 Å². The molecule has 7 nitrogen and oxygen atoms in total. The summed E-state index contributed by atoms with van der Waals surface area (Å²) < 4.78 is 5.34. The van der Waals surface area contributed by atoms with E-state index in [9.17, 15) is 14.4 Å². The van der Waals surface area contributed by atoms with Gasteiger partial charge in [-0.05, 0) is 48.7 Å². The number of aryl methyl sites for hydroxylation is 1. The number of amides is 3. The molecule has 150 valence electrons. The SMILES string of the molecule is CCCCc1ccc(N2C(=O)C[C@H](Nc3ccc4c(c3)NC(=O)CO4)C2=O)cc1. The van der Waals surface area contributed by atoms with Crippen molar-refractivity contribution in [1.29, 1.82) is 0 Å². The van der Waals surface area contributed by atoms with E-state index in [1.807, 2.05) is 24.3 Å². The summed E-state index contributed by atoms with van der Waals surface area (Å²) in [5.74, 6) is -0.165. The van der Waals surface area contributed by atoms with Crippen LogP contribution < -0.4 is 20.3 Å². The molecule has 29 heavy (non-hydrogen) atoms. The minimum absolute atomic E-state index is 0.0123. The van der Waals surface area contributed by atoms with Gasteiger partial charge in [-0.3, -0.25) is 14.4 Å². The standard InChI is InChI=1S/C22H23N3O4/c1-2-3-4-14-5-8-16(9-6-14)25-21(27)12-18(22(25)28)23-15-7-10-19-17(11-15)24-20(26)13-29-19/h5-11,18,23H,2-4,12-13H2,1H3,(H,24,26)/t18-/m0/s1. The molecule has 2 aromatic carbocycles. The fraction of sp³-hybridized carbons (Fsp3) is 0.318. The van der Waals surface area contributed by atoms with Crippen LogP contribution in [0.15, 0.2) is 42.5 Å². The van der Waals surface area contributed by atoms with Crippen molar-refractivity contribution in [3.05, 3.63) is 48.0 Å². The zero-order valence-electron chi connectivity index (χ0n) is 16.2. The van der Waals surface area contributed by atoms with Crippen LogP contribution in [0.5, 0.6) is 5.75 Å². The summed E-state index contributed by atoms with van der Waals surface area (Å²) in [5, 5.41) is 5.84. The first kappa shape index (κ1) is 19.0. The first-order valence-corrected chi connectivity index (χ1v) is 9.84. The van der Waals surface area contributed by atoms with Gasteiger partial charge < -0.3 is 15.4 Å². The average molecular weight is 393 g/mol. The number of hydrogen-bond acceptors (Lipinski definition) is 5. The lowest BCUT2D eigenvalue weighted by Gasteiger charge is -2.20. The zero-order valence-corrected chi connectivity index (χ0v) is 16.2. The van der Waals surface area contributed by atoms with Crippen LogP contribution in [0.4, 0.5) is 17.1 Å². The molecule has 2 aliphatic rings. The minimum atomic E-state index is -0.652. The molecule has 4 rings (SSSR count). The van der Waals surface area contributed by atoms with E-state index in [1.165, 1.54) is 10.5 Å². The Morgan fingerprint density at radius 3 is 2.69 bits per heavy atom. The van der Waals surface area contributed by atoms with Crippen LogP contribution in [-0.4, -0.2) is 30.4 Å². The van der Waals surface area contributed by atoms with E-state index in [2.05, 4.69) is 17.6 Å². The summed E-state index contributed by atoms with van der Waals surface area (Å²) in [4.78, 5) is 38.1. The molecule has 0 saturated carbocycles. The number of anilines is 3. The van der Waals surface area contributed by atoms with Gasteiger partial charge in [0.15, 0.2) is 6.61 Å². The van der Waals surface area contributed by atoms with Gasteiger partial charge in [-0.15, -0.1) is 0 Å². The van der Waals surface area contributed by atoms with Crippen molar-refractivity contribution in [3.8, 4) is 5.75 Å². The Bertz CT molecular complexity index is 955. The topological polar surface area (TPSA) is 87.7 Å². The van der Waals surface area contributed by atoms with Gasteiger partial charge in [-0.1, -0.05) is 25.5 Å². The Kier molecular flexibility index (Phi) is 5.20.